The van der Waals surface area contributed by atoms with E-state index in [0.717, 1.165) is 16.5 Å². The van der Waals surface area contributed by atoms with Crippen molar-refractivity contribution in [3.05, 3.63) is 16.1 Å². The van der Waals surface area contributed by atoms with Crippen LogP contribution in [0.2, 0.25) is 0 Å². The average Bonchev–Trinajstić information content (AvgIpc) is 2.80. The summed E-state index contributed by atoms with van der Waals surface area (Å²) in [4.78, 5) is 17.9. The molecule has 1 heterocycles. The van der Waals surface area contributed by atoms with E-state index < -0.39 is 0 Å². The molecule has 0 aromatic carbocycles. The van der Waals surface area contributed by atoms with E-state index in [2.05, 4.69) is 4.98 Å². The number of hydrogen-bond acceptors (Lipinski definition) is 6. The molecule has 0 aliphatic rings. The monoisotopic (exact) mass is 304 g/mol. The van der Waals surface area contributed by atoms with Crippen LogP contribution in [0, 0.1) is 6.92 Å². The first-order valence-corrected chi connectivity index (χ1v) is 8.07. The van der Waals surface area contributed by atoms with E-state index in [9.17, 15) is 4.79 Å². The molecule has 1 amide bonds. The molecule has 0 saturated carbocycles. The zero-order chi connectivity index (χ0) is 14.1. The van der Waals surface area contributed by atoms with Gasteiger partial charge >= 0.3 is 0 Å². The van der Waals surface area contributed by atoms with Crippen LogP contribution in [0.1, 0.15) is 10.7 Å². The first-order chi connectivity index (χ1) is 9.17. The Hall–Kier alpha value is -0.630. The summed E-state index contributed by atoms with van der Waals surface area (Å²) in [7, 11) is 1.60. The van der Waals surface area contributed by atoms with Crippen molar-refractivity contribution in [3.8, 4) is 0 Å². The molecule has 1 rings (SSSR count). The van der Waals surface area contributed by atoms with E-state index in [1.54, 1.807) is 35.1 Å². The number of aliphatic hydroxyl groups is 1. The number of hydrogen-bond donors (Lipinski definition) is 1. The maximum Gasteiger partial charge on any atom is 0.232 e. The maximum atomic E-state index is 12.0. The first-order valence-electron chi connectivity index (χ1n) is 6.03. The minimum Gasteiger partial charge on any atom is -0.395 e. The van der Waals surface area contributed by atoms with Crippen LogP contribution in [0.3, 0.4) is 0 Å². The van der Waals surface area contributed by atoms with Crippen molar-refractivity contribution in [2.24, 2.45) is 0 Å². The summed E-state index contributed by atoms with van der Waals surface area (Å²) in [5.74, 6) is 1.18. The molecular weight excluding hydrogens is 284 g/mol. The van der Waals surface area contributed by atoms with Crippen molar-refractivity contribution in [1.29, 1.82) is 0 Å². The predicted octanol–water partition coefficient (Wildman–Crippen LogP) is 1.15. The van der Waals surface area contributed by atoms with Crippen LogP contribution in [0.4, 0.5) is 0 Å². The Bertz CT molecular complexity index is 385. The number of thioether (sulfide) groups is 1. The third-order valence-corrected chi connectivity index (χ3v) is 4.20. The van der Waals surface area contributed by atoms with Crippen molar-refractivity contribution in [2.45, 2.75) is 12.7 Å². The highest BCUT2D eigenvalue weighted by Gasteiger charge is 2.12. The number of rotatable bonds is 9. The number of methoxy groups -OCH3 is 1. The van der Waals surface area contributed by atoms with Crippen molar-refractivity contribution in [1.82, 2.24) is 9.88 Å². The van der Waals surface area contributed by atoms with Gasteiger partial charge in [-0.2, -0.15) is 0 Å². The van der Waals surface area contributed by atoms with Gasteiger partial charge in [0.15, 0.2) is 0 Å². The second-order valence-electron chi connectivity index (χ2n) is 3.95. The van der Waals surface area contributed by atoms with E-state index in [1.807, 2.05) is 12.3 Å². The van der Waals surface area contributed by atoms with Gasteiger partial charge in [0.25, 0.3) is 0 Å². The van der Waals surface area contributed by atoms with Gasteiger partial charge in [0.05, 0.1) is 29.7 Å². The van der Waals surface area contributed by atoms with Crippen LogP contribution in [0.25, 0.3) is 0 Å². The summed E-state index contributed by atoms with van der Waals surface area (Å²) >= 11 is 3.17. The lowest BCUT2D eigenvalue weighted by molar-refractivity contribution is -0.129. The van der Waals surface area contributed by atoms with Crippen LogP contribution in [0.15, 0.2) is 5.38 Å². The van der Waals surface area contributed by atoms with Gasteiger partial charge in [0.2, 0.25) is 5.91 Å². The molecule has 0 aliphatic carbocycles. The highest BCUT2D eigenvalue weighted by molar-refractivity contribution is 7.99. The summed E-state index contributed by atoms with van der Waals surface area (Å²) in [6, 6.07) is 0. The van der Waals surface area contributed by atoms with Crippen molar-refractivity contribution in [2.75, 3.05) is 39.2 Å². The Morgan fingerprint density at radius 3 is 2.95 bits per heavy atom. The van der Waals surface area contributed by atoms with E-state index in [4.69, 9.17) is 9.84 Å². The zero-order valence-electron chi connectivity index (χ0n) is 11.3. The van der Waals surface area contributed by atoms with Gasteiger partial charge in [-0.25, -0.2) is 4.98 Å². The summed E-state index contributed by atoms with van der Waals surface area (Å²) in [5, 5.41) is 12.0. The van der Waals surface area contributed by atoms with E-state index >= 15 is 0 Å². The number of carbonyl (C=O) groups is 1. The van der Waals surface area contributed by atoms with E-state index in [1.165, 1.54) is 0 Å². The number of carbonyl (C=O) groups excluding carboxylic acids is 1. The minimum absolute atomic E-state index is 0.0224. The molecule has 0 atom stereocenters. The number of aromatic nitrogens is 1. The van der Waals surface area contributed by atoms with Gasteiger partial charge in [-0.15, -0.1) is 23.1 Å². The largest absolute Gasteiger partial charge is 0.395 e. The summed E-state index contributed by atoms with van der Waals surface area (Å²) in [6.07, 6.45) is 0. The molecule has 1 aromatic heterocycles. The number of thiazole rings is 1. The predicted molar refractivity (Wildman–Crippen MR) is 78.6 cm³/mol. The molecule has 0 saturated heterocycles. The lowest BCUT2D eigenvalue weighted by Crippen LogP contribution is -2.37. The normalized spacial score (nSPS) is 10.7. The summed E-state index contributed by atoms with van der Waals surface area (Å²) < 4.78 is 4.95. The highest BCUT2D eigenvalue weighted by Crippen LogP contribution is 2.15. The van der Waals surface area contributed by atoms with Gasteiger partial charge in [0, 0.05) is 31.3 Å². The number of amides is 1. The van der Waals surface area contributed by atoms with Gasteiger partial charge in [-0.3, -0.25) is 4.79 Å². The summed E-state index contributed by atoms with van der Waals surface area (Å²) in [5.41, 5.74) is 1.02. The van der Waals surface area contributed by atoms with E-state index in [-0.39, 0.29) is 12.5 Å². The molecule has 0 fully saturated rings. The molecule has 0 aliphatic heterocycles. The lowest BCUT2D eigenvalue weighted by atomic mass is 10.4. The molecule has 0 unspecified atom stereocenters. The van der Waals surface area contributed by atoms with Crippen LogP contribution in [-0.2, 0) is 15.3 Å². The molecule has 7 heteroatoms. The highest BCUT2D eigenvalue weighted by atomic mass is 32.2. The van der Waals surface area contributed by atoms with Gasteiger partial charge in [-0.05, 0) is 6.92 Å². The quantitative estimate of drug-likeness (QED) is 0.741. The standard InChI is InChI=1S/C12H20N2O3S2/c1-10-13-11(8-19-10)7-18-9-12(16)14(3-5-15)4-6-17-2/h8,15H,3-7,9H2,1-2H3. The van der Waals surface area contributed by atoms with Crippen molar-refractivity contribution < 1.29 is 14.6 Å². The maximum absolute atomic E-state index is 12.0. The summed E-state index contributed by atoms with van der Waals surface area (Å²) in [6.45, 7) is 3.32. The number of ether oxygens (including phenoxy) is 1. The van der Waals surface area contributed by atoms with Crippen LogP contribution >= 0.6 is 23.1 Å². The Morgan fingerprint density at radius 2 is 2.37 bits per heavy atom. The Balaban J connectivity index is 2.30. The number of aryl methyl sites for hydroxylation is 1. The molecular formula is C12H20N2O3S2. The molecule has 108 valence electrons. The van der Waals surface area contributed by atoms with Crippen LogP contribution < -0.4 is 0 Å². The zero-order valence-corrected chi connectivity index (χ0v) is 12.9. The number of aliphatic hydroxyl groups excluding tert-OH is 1. The van der Waals surface area contributed by atoms with Crippen LogP contribution in [-0.4, -0.2) is 60.1 Å². The van der Waals surface area contributed by atoms with Gasteiger partial charge in [0.1, 0.15) is 0 Å². The third kappa shape index (κ3) is 6.38. The van der Waals surface area contributed by atoms with Crippen LogP contribution in [0.5, 0.6) is 0 Å². The molecule has 0 spiro atoms. The third-order valence-electron chi connectivity index (χ3n) is 2.43. The lowest BCUT2D eigenvalue weighted by Gasteiger charge is -2.21. The van der Waals surface area contributed by atoms with Crippen molar-refractivity contribution in [3.63, 3.8) is 0 Å². The fourth-order valence-corrected chi connectivity index (χ4v) is 3.03. The van der Waals surface area contributed by atoms with Gasteiger partial charge < -0.3 is 14.7 Å². The molecule has 1 aromatic rings. The first kappa shape index (κ1) is 16.4. The molecule has 5 nitrogen and oxygen atoms in total. The number of nitrogens with zero attached hydrogens (tertiary/aromatic N) is 2. The Labute approximate surface area is 122 Å². The van der Waals surface area contributed by atoms with Crippen molar-refractivity contribution >= 4 is 29.0 Å². The fourth-order valence-electron chi connectivity index (χ4n) is 1.49. The SMILES string of the molecule is COCCN(CCO)C(=O)CSCc1csc(C)n1. The molecule has 0 bridgehead atoms. The van der Waals surface area contributed by atoms with Gasteiger partial charge in [-0.1, -0.05) is 0 Å². The Morgan fingerprint density at radius 1 is 1.58 bits per heavy atom. The minimum atomic E-state index is -0.0224. The average molecular weight is 304 g/mol. The molecule has 0 radical (unpaired) electrons. The van der Waals surface area contributed by atoms with E-state index in [0.29, 0.717) is 25.4 Å². The topological polar surface area (TPSA) is 62.7 Å². The smallest absolute Gasteiger partial charge is 0.232 e. The fraction of sp³-hybridized carbons (Fsp3) is 0.667. The Kier molecular flexibility index (Phi) is 8.04. The second kappa shape index (κ2) is 9.30. The second-order valence-corrected chi connectivity index (χ2v) is 6.00. The molecule has 1 N–H and O–H groups in total. The molecule has 19 heavy (non-hydrogen) atoms.